The Balaban J connectivity index is 0. The van der Waals surface area contributed by atoms with Gasteiger partial charge in [-0.3, -0.25) is 0 Å². The van der Waals surface area contributed by atoms with Gasteiger partial charge in [0, 0.05) is 39.6 Å². The van der Waals surface area contributed by atoms with Crippen LogP contribution in [0.3, 0.4) is 0 Å². The molecule has 0 heterocycles. The van der Waals surface area contributed by atoms with Gasteiger partial charge in [0.25, 0.3) is 0 Å². The molecule has 0 aliphatic carbocycles. The molecule has 0 fully saturated rings. The molecule has 0 atom stereocenters. The van der Waals surface area contributed by atoms with Crippen molar-refractivity contribution in [2.24, 2.45) is 0 Å². The van der Waals surface area contributed by atoms with Crippen molar-refractivity contribution in [2.45, 2.75) is 0 Å². The van der Waals surface area contributed by atoms with E-state index < -0.39 is 0 Å². The van der Waals surface area contributed by atoms with Gasteiger partial charge in [-0.1, -0.05) is 0 Å². The average Bonchev–Trinajstić information content (AvgIpc) is 0. The minimum Gasteiger partial charge on any atom is -2.00 e. The van der Waals surface area contributed by atoms with Crippen molar-refractivity contribution >= 4 is 39.6 Å². The van der Waals surface area contributed by atoms with Crippen molar-refractivity contribution in [1.29, 1.82) is 0 Å². The molecule has 6 radical (unpaired) electrons. The summed E-state index contributed by atoms with van der Waals surface area (Å²) < 4.78 is 0. The Morgan fingerprint density at radius 2 is 0.333 bits per heavy atom. The van der Waals surface area contributed by atoms with E-state index in [1.807, 2.05) is 0 Å². The Morgan fingerprint density at radius 3 is 0.333 bits per heavy atom. The average molecular weight is 405 g/mol. The number of hydrogen-bond donors (Lipinski definition) is 0. The van der Waals surface area contributed by atoms with Gasteiger partial charge in [0.1, 0.15) is 0 Å². The molecule has 0 spiro atoms. The van der Waals surface area contributed by atoms with Crippen LogP contribution in [0.2, 0.25) is 0 Å². The van der Waals surface area contributed by atoms with Crippen molar-refractivity contribution in [1.82, 2.24) is 0 Å². The Hall–Kier alpha value is 2.55. The summed E-state index contributed by atoms with van der Waals surface area (Å²) in [6.07, 6.45) is 0. The molecule has 0 aromatic heterocycles. The van der Waals surface area contributed by atoms with Crippen molar-refractivity contribution in [3.8, 4) is 0 Å². The molecule has 0 saturated heterocycles. The Morgan fingerprint density at radius 1 is 0.333 bits per heavy atom. The second-order valence-electron chi connectivity index (χ2n) is 0. The van der Waals surface area contributed by atoms with Gasteiger partial charge < -0.3 is 27.4 Å². The van der Waals surface area contributed by atoms with Crippen LogP contribution < -0.4 is 0 Å². The third-order valence-corrected chi connectivity index (χ3v) is 0. The largest absolute Gasteiger partial charge is 5.00 e. The molecule has 0 bridgehead atoms. The molecule has 0 saturated carbocycles. The van der Waals surface area contributed by atoms with Gasteiger partial charge in [-0.05, 0) is 0 Å². The van der Waals surface area contributed by atoms with Gasteiger partial charge in [0.2, 0.25) is 0 Å². The zero-order chi connectivity index (χ0) is 0. The molecule has 0 amide bonds. The van der Waals surface area contributed by atoms with Gasteiger partial charge in [0.05, 0.1) is 0 Å². The molecule has 46 valence electrons. The van der Waals surface area contributed by atoms with E-state index in [2.05, 4.69) is 0 Å². The van der Waals surface area contributed by atoms with Crippen molar-refractivity contribution in [3.05, 3.63) is 0 Å². The molecule has 0 aliphatic rings. The first-order chi connectivity index (χ1) is 0. The third kappa shape index (κ3) is 118. The first kappa shape index (κ1) is 197. The van der Waals surface area contributed by atoms with Gasteiger partial charge in [-0.25, -0.2) is 0 Å². The summed E-state index contributed by atoms with van der Waals surface area (Å²) in [6.45, 7) is 0. The van der Waals surface area contributed by atoms with Crippen LogP contribution in [-0.4, -0.2) is 39.6 Å². The van der Waals surface area contributed by atoms with Crippen LogP contribution in [-0.2, 0) is 72.1 Å². The maximum Gasteiger partial charge on any atom is 5.00 e. The van der Waals surface area contributed by atoms with Crippen molar-refractivity contribution in [3.63, 3.8) is 0 Å². The molecule has 0 aromatic rings. The van der Waals surface area contributed by atoms with Crippen LogP contribution in [0.4, 0.5) is 0 Å². The van der Waals surface area contributed by atoms with E-state index in [0.717, 1.165) is 0 Å². The van der Waals surface area contributed by atoms with Gasteiger partial charge in [-0.15, -0.1) is 0 Å². The second-order valence-corrected chi connectivity index (χ2v) is 0. The monoisotopic (exact) mass is 404 g/mol. The standard InChI is InChI=1S/2Ga.2Nb.5O/q;;2*+5;5*-2. The number of rotatable bonds is 0. The molecule has 0 aromatic carbocycles. The van der Waals surface area contributed by atoms with Crippen LogP contribution in [0, 0.1) is 0 Å². The fourth-order valence-electron chi connectivity index (χ4n) is 0. The van der Waals surface area contributed by atoms with Crippen molar-refractivity contribution < 1.29 is 72.1 Å². The summed E-state index contributed by atoms with van der Waals surface area (Å²) in [4.78, 5) is 0. The minimum absolute atomic E-state index is 0. The summed E-state index contributed by atoms with van der Waals surface area (Å²) >= 11 is 0. The first-order valence-electron chi connectivity index (χ1n) is 0. The molecule has 0 rings (SSSR count). The van der Waals surface area contributed by atoms with Crippen LogP contribution in [0.15, 0.2) is 0 Å². The van der Waals surface area contributed by atoms with Gasteiger partial charge in [-0.2, -0.15) is 0 Å². The van der Waals surface area contributed by atoms with E-state index in [1.165, 1.54) is 0 Å². The second kappa shape index (κ2) is 148. The van der Waals surface area contributed by atoms with Crippen LogP contribution >= 0.6 is 0 Å². The molecule has 0 N–H and O–H groups in total. The summed E-state index contributed by atoms with van der Waals surface area (Å²) in [7, 11) is 0. The summed E-state index contributed by atoms with van der Waals surface area (Å²) in [5.74, 6) is 0. The summed E-state index contributed by atoms with van der Waals surface area (Å²) in [5.41, 5.74) is 0. The molecule has 9 heteroatoms. The van der Waals surface area contributed by atoms with Gasteiger partial charge in [0.15, 0.2) is 0 Å². The first-order valence-corrected chi connectivity index (χ1v) is 0. The van der Waals surface area contributed by atoms with E-state index in [9.17, 15) is 0 Å². The van der Waals surface area contributed by atoms with E-state index >= 15 is 0 Å². The van der Waals surface area contributed by atoms with E-state index in [0.29, 0.717) is 0 Å². The number of hydrogen-bond acceptors (Lipinski definition) is 0. The maximum atomic E-state index is 0. The van der Waals surface area contributed by atoms with Crippen LogP contribution in [0.1, 0.15) is 0 Å². The minimum atomic E-state index is 0. The quantitative estimate of drug-likeness (QED) is 0.439. The Kier molecular flexibility index (Phi) is 3240. The normalized spacial score (nSPS) is 0. The molecular formula is Ga2Nb2O5. The maximum absolute atomic E-state index is 0. The zero-order valence-corrected chi connectivity index (χ0v) is 13.3. The van der Waals surface area contributed by atoms with Crippen LogP contribution in [0.5, 0.6) is 0 Å². The SMILES string of the molecule is [Ga].[Ga].[Nb+5].[Nb+5].[O-2].[O-2].[O-2].[O-2].[O-2]. The molecule has 0 aliphatic heterocycles. The van der Waals surface area contributed by atoms with Crippen molar-refractivity contribution in [2.75, 3.05) is 0 Å². The molecule has 0 unspecified atom stereocenters. The van der Waals surface area contributed by atoms with Crippen LogP contribution in [0.25, 0.3) is 0 Å². The summed E-state index contributed by atoms with van der Waals surface area (Å²) in [6, 6.07) is 0. The smallest absolute Gasteiger partial charge is 2.00 e. The van der Waals surface area contributed by atoms with Gasteiger partial charge >= 0.3 is 44.8 Å². The molecule has 9 heavy (non-hydrogen) atoms. The third-order valence-electron chi connectivity index (χ3n) is 0. The van der Waals surface area contributed by atoms with E-state index in [-0.39, 0.29) is 112 Å². The summed E-state index contributed by atoms with van der Waals surface area (Å²) in [5, 5.41) is 0. The Bertz CT molecular complexity index is 12.9. The molecular weight excluding hydrogens is 405 g/mol. The fourth-order valence-corrected chi connectivity index (χ4v) is 0. The molecule has 5 nitrogen and oxygen atoms in total. The fraction of sp³-hybridized carbons (Fsp3) is 0. The zero-order valence-electron chi connectivity index (χ0n) is 4.09. The van der Waals surface area contributed by atoms with E-state index in [4.69, 9.17) is 0 Å². The topological polar surface area (TPSA) is 142 Å². The Labute approximate surface area is 110 Å². The van der Waals surface area contributed by atoms with E-state index in [1.54, 1.807) is 0 Å². The predicted octanol–water partition coefficient (Wildman–Crippen LogP) is -1.36. The predicted molar refractivity (Wildman–Crippen MR) is 14.9 cm³/mol.